The fraction of sp³-hybridized carbons (Fsp3) is 0.643. The predicted molar refractivity (Wildman–Crippen MR) is 91.2 cm³/mol. The third-order valence-electron chi connectivity index (χ3n) is 3.69. The van der Waals surface area contributed by atoms with Gasteiger partial charge >= 0.3 is 7.60 Å². The van der Waals surface area contributed by atoms with Crippen molar-refractivity contribution in [2.75, 3.05) is 31.9 Å². The highest BCUT2D eigenvalue weighted by atomic mass is 31.2. The van der Waals surface area contributed by atoms with E-state index in [1.54, 1.807) is 24.7 Å². The van der Waals surface area contributed by atoms with Gasteiger partial charge in [-0.05, 0) is 13.8 Å². The van der Waals surface area contributed by atoms with Crippen molar-refractivity contribution in [1.82, 2.24) is 19.5 Å². The van der Waals surface area contributed by atoms with Gasteiger partial charge in [-0.1, -0.05) is 0 Å². The van der Waals surface area contributed by atoms with Gasteiger partial charge in [0.05, 0.1) is 26.1 Å². The average molecular weight is 387 g/mol. The van der Waals surface area contributed by atoms with Crippen molar-refractivity contribution in [2.45, 2.75) is 32.3 Å². The van der Waals surface area contributed by atoms with Crippen LogP contribution in [-0.2, 0) is 29.8 Å². The van der Waals surface area contributed by atoms with Crippen LogP contribution in [-0.4, -0.2) is 62.5 Å². The lowest BCUT2D eigenvalue weighted by molar-refractivity contribution is -0.141. The first-order valence-electron chi connectivity index (χ1n) is 8.03. The Kier molecular flexibility index (Phi) is 5.56. The van der Waals surface area contributed by atoms with Gasteiger partial charge in [-0.3, -0.25) is 4.57 Å². The number of nitrogens with zero attached hydrogens (tertiary/aromatic N) is 4. The molecular formula is C14H22N5O6P. The molecular weight excluding hydrogens is 365 g/mol. The van der Waals surface area contributed by atoms with Crippen LogP contribution in [0, 0.1) is 0 Å². The second kappa shape index (κ2) is 7.55. The molecule has 0 amide bonds. The normalized spacial score (nSPS) is 21.9. The minimum Gasteiger partial charge on any atom is -0.382 e. The Morgan fingerprint density at radius 2 is 2.27 bits per heavy atom. The molecule has 0 spiro atoms. The third-order valence-corrected chi connectivity index (χ3v) is 4.75. The summed E-state index contributed by atoms with van der Waals surface area (Å²) in [7, 11) is -3.88. The lowest BCUT2D eigenvalue weighted by atomic mass is 10.4. The van der Waals surface area contributed by atoms with Gasteiger partial charge in [-0.2, -0.15) is 0 Å². The van der Waals surface area contributed by atoms with E-state index < -0.39 is 19.7 Å². The topological polar surface area (TPSA) is 144 Å². The van der Waals surface area contributed by atoms with Crippen molar-refractivity contribution in [3.8, 4) is 0 Å². The largest absolute Gasteiger partial charge is 0.382 e. The van der Waals surface area contributed by atoms with Gasteiger partial charge in [0, 0.05) is 6.54 Å². The monoisotopic (exact) mass is 387 g/mol. The first kappa shape index (κ1) is 19.2. The number of fused-ring (bicyclic) bond motifs is 1. The number of hydrogen-bond acceptors (Lipinski definition) is 9. The first-order valence-corrected chi connectivity index (χ1v) is 9.79. The number of ether oxygens (including phenoxy) is 3. The summed E-state index contributed by atoms with van der Waals surface area (Å²) in [4.78, 5) is 21.9. The Labute approximate surface area is 150 Å². The summed E-state index contributed by atoms with van der Waals surface area (Å²) < 4.78 is 34.9. The molecule has 0 aromatic carbocycles. The van der Waals surface area contributed by atoms with Crippen molar-refractivity contribution in [3.05, 3.63) is 12.7 Å². The summed E-state index contributed by atoms with van der Waals surface area (Å²) in [6.07, 6.45) is 2.11. The molecule has 2 atom stereocenters. The standard InChI is InChI=1S/C14H22N5O6P/c1-14(2)23-5-10(25-14)6-24-26(20,21)9-22-4-3-19-8-18-11-12(15)16-7-17-13(11)19/h7-8,10H,3-6,9H2,1-2H3,(H,20,21)(H2,15,16,17). The third kappa shape index (κ3) is 4.76. The van der Waals surface area contributed by atoms with Crippen molar-refractivity contribution < 1.29 is 28.2 Å². The number of rotatable bonds is 8. The number of aromatic nitrogens is 4. The molecule has 0 bridgehead atoms. The summed E-state index contributed by atoms with van der Waals surface area (Å²) in [5, 5.41) is 0. The molecule has 0 saturated carbocycles. The molecule has 1 aliphatic rings. The zero-order chi connectivity index (χ0) is 18.8. The van der Waals surface area contributed by atoms with Crippen LogP contribution in [0.4, 0.5) is 5.82 Å². The Balaban J connectivity index is 1.42. The zero-order valence-electron chi connectivity index (χ0n) is 14.6. The lowest BCUT2D eigenvalue weighted by Gasteiger charge is -2.18. The highest BCUT2D eigenvalue weighted by Crippen LogP contribution is 2.42. The van der Waals surface area contributed by atoms with E-state index in [1.807, 2.05) is 0 Å². The van der Waals surface area contributed by atoms with Crippen molar-refractivity contribution in [3.63, 3.8) is 0 Å². The first-order chi connectivity index (χ1) is 12.3. The number of nitrogens with two attached hydrogens (primary N) is 1. The SMILES string of the molecule is CC1(C)OCC(COP(=O)(O)COCCn2cnc3c(N)ncnc32)O1. The highest BCUT2D eigenvalue weighted by Gasteiger charge is 2.34. The molecule has 26 heavy (non-hydrogen) atoms. The summed E-state index contributed by atoms with van der Waals surface area (Å²) in [6.45, 7) is 4.38. The summed E-state index contributed by atoms with van der Waals surface area (Å²) >= 11 is 0. The van der Waals surface area contributed by atoms with Gasteiger partial charge in [0.1, 0.15) is 24.3 Å². The maximum absolute atomic E-state index is 12.0. The van der Waals surface area contributed by atoms with Crippen molar-refractivity contribution >= 4 is 24.6 Å². The van der Waals surface area contributed by atoms with Gasteiger partial charge < -0.3 is 33.9 Å². The molecule has 0 aliphatic carbocycles. The Bertz CT molecular complexity index is 812. The summed E-state index contributed by atoms with van der Waals surface area (Å²) in [5.41, 5.74) is 6.80. The molecule has 2 aromatic rings. The summed E-state index contributed by atoms with van der Waals surface area (Å²) in [5.74, 6) is -0.408. The highest BCUT2D eigenvalue weighted by molar-refractivity contribution is 7.52. The number of hydrogen-bond donors (Lipinski definition) is 2. The summed E-state index contributed by atoms with van der Waals surface area (Å²) in [6, 6.07) is 0. The number of anilines is 1. The van der Waals surface area contributed by atoms with Crippen LogP contribution in [0.2, 0.25) is 0 Å². The van der Waals surface area contributed by atoms with E-state index in [2.05, 4.69) is 15.0 Å². The van der Waals surface area contributed by atoms with Crippen molar-refractivity contribution in [1.29, 1.82) is 0 Å². The molecule has 3 heterocycles. The van der Waals surface area contributed by atoms with Crippen LogP contribution >= 0.6 is 7.60 Å². The minimum absolute atomic E-state index is 0.0388. The second-order valence-electron chi connectivity index (χ2n) is 6.29. The fourth-order valence-electron chi connectivity index (χ4n) is 2.49. The van der Waals surface area contributed by atoms with Crippen LogP contribution < -0.4 is 5.73 Å². The van der Waals surface area contributed by atoms with E-state index >= 15 is 0 Å². The molecule has 1 saturated heterocycles. The van der Waals surface area contributed by atoms with Gasteiger partial charge in [0.2, 0.25) is 0 Å². The Morgan fingerprint density at radius 3 is 3.00 bits per heavy atom. The van der Waals surface area contributed by atoms with Gasteiger partial charge in [0.15, 0.2) is 17.3 Å². The molecule has 2 unspecified atom stereocenters. The van der Waals surface area contributed by atoms with Crippen LogP contribution in [0.1, 0.15) is 13.8 Å². The number of nitrogen functional groups attached to an aromatic ring is 1. The molecule has 2 aromatic heterocycles. The molecule has 144 valence electrons. The molecule has 11 nitrogen and oxygen atoms in total. The van der Waals surface area contributed by atoms with E-state index in [4.69, 9.17) is 24.5 Å². The van der Waals surface area contributed by atoms with E-state index in [1.165, 1.54) is 6.33 Å². The second-order valence-corrected chi connectivity index (χ2v) is 8.08. The molecule has 1 fully saturated rings. The maximum Gasteiger partial charge on any atom is 0.353 e. The van der Waals surface area contributed by atoms with E-state index in [9.17, 15) is 9.46 Å². The zero-order valence-corrected chi connectivity index (χ0v) is 15.5. The van der Waals surface area contributed by atoms with E-state index in [0.29, 0.717) is 30.1 Å². The van der Waals surface area contributed by atoms with Gasteiger partial charge in [0.25, 0.3) is 0 Å². The lowest BCUT2D eigenvalue weighted by Crippen LogP contribution is -2.24. The van der Waals surface area contributed by atoms with E-state index in [-0.39, 0.29) is 19.3 Å². The predicted octanol–water partition coefficient (Wildman–Crippen LogP) is 0.736. The molecule has 1 aliphatic heterocycles. The van der Waals surface area contributed by atoms with E-state index in [0.717, 1.165) is 0 Å². The number of imidazole rings is 1. The van der Waals surface area contributed by atoms with Crippen LogP contribution in [0.25, 0.3) is 11.2 Å². The minimum atomic E-state index is -3.88. The maximum atomic E-state index is 12.0. The quantitative estimate of drug-likeness (QED) is 0.491. The molecule has 12 heteroatoms. The fourth-order valence-corrected chi connectivity index (χ4v) is 3.32. The molecule has 3 N–H and O–H groups in total. The Hall–Kier alpha value is -1.62. The average Bonchev–Trinajstić information content (AvgIpc) is 3.14. The van der Waals surface area contributed by atoms with Crippen molar-refractivity contribution in [2.24, 2.45) is 0 Å². The smallest absolute Gasteiger partial charge is 0.353 e. The molecule has 3 rings (SSSR count). The van der Waals surface area contributed by atoms with Crippen LogP contribution in [0.5, 0.6) is 0 Å². The van der Waals surface area contributed by atoms with Gasteiger partial charge in [-0.25, -0.2) is 15.0 Å². The van der Waals surface area contributed by atoms with Gasteiger partial charge in [-0.15, -0.1) is 0 Å². The Morgan fingerprint density at radius 1 is 1.46 bits per heavy atom. The van der Waals surface area contributed by atoms with Crippen LogP contribution in [0.3, 0.4) is 0 Å². The van der Waals surface area contributed by atoms with Crippen LogP contribution in [0.15, 0.2) is 12.7 Å². The molecule has 0 radical (unpaired) electrons.